The van der Waals surface area contributed by atoms with Gasteiger partial charge >= 0.3 is 0 Å². The number of hydrazone groups is 1. The molecule has 0 bridgehead atoms. The van der Waals surface area contributed by atoms with Crippen LogP contribution in [-0.4, -0.2) is 17.2 Å². The highest BCUT2D eigenvalue weighted by Gasteiger charge is 2.12. The third-order valence-corrected chi connectivity index (χ3v) is 5.11. The van der Waals surface area contributed by atoms with Crippen molar-refractivity contribution < 1.29 is 14.6 Å². The molecule has 4 aromatic rings. The number of ether oxygens (including phenoxy) is 1. The molecule has 0 fully saturated rings. The van der Waals surface area contributed by atoms with Crippen molar-refractivity contribution in [2.75, 3.05) is 0 Å². The van der Waals surface area contributed by atoms with Gasteiger partial charge in [0.25, 0.3) is 5.91 Å². The number of phenolic OH excluding ortho intramolecular Hbond substituents is 1. The van der Waals surface area contributed by atoms with Gasteiger partial charge in [-0.2, -0.15) is 5.10 Å². The second-order valence-electron chi connectivity index (χ2n) is 6.83. The van der Waals surface area contributed by atoms with Crippen LogP contribution in [0.5, 0.6) is 11.5 Å². The average molecular weight is 431 g/mol. The minimum Gasteiger partial charge on any atom is -0.507 e. The van der Waals surface area contributed by atoms with Gasteiger partial charge in [-0.3, -0.25) is 4.79 Å². The zero-order chi connectivity index (χ0) is 21.6. The number of carbonyl (C=O) groups is 1. The van der Waals surface area contributed by atoms with Gasteiger partial charge in [-0.15, -0.1) is 0 Å². The topological polar surface area (TPSA) is 70.9 Å². The zero-order valence-electron chi connectivity index (χ0n) is 16.5. The Labute approximate surface area is 184 Å². The van der Waals surface area contributed by atoms with Crippen molar-refractivity contribution >= 4 is 34.5 Å². The molecule has 0 unspecified atom stereocenters. The highest BCUT2D eigenvalue weighted by molar-refractivity contribution is 6.31. The van der Waals surface area contributed by atoms with E-state index in [1.54, 1.807) is 12.1 Å². The number of rotatable bonds is 6. The van der Waals surface area contributed by atoms with E-state index >= 15 is 0 Å². The number of hydrogen-bond acceptors (Lipinski definition) is 4. The third kappa shape index (κ3) is 4.85. The van der Waals surface area contributed by atoms with Gasteiger partial charge in [-0.1, -0.05) is 66.2 Å². The quantitative estimate of drug-likeness (QED) is 0.311. The molecule has 2 N–H and O–H groups in total. The smallest absolute Gasteiger partial charge is 0.275 e. The molecule has 0 aliphatic heterocycles. The Balaban J connectivity index is 1.46. The molecule has 4 rings (SSSR count). The van der Waals surface area contributed by atoms with Gasteiger partial charge in [-0.25, -0.2) is 5.43 Å². The first-order chi connectivity index (χ1) is 15.1. The normalized spacial score (nSPS) is 11.0. The molecule has 154 valence electrons. The summed E-state index contributed by atoms with van der Waals surface area (Å²) >= 11 is 6.18. The van der Waals surface area contributed by atoms with E-state index in [4.69, 9.17) is 16.3 Å². The van der Waals surface area contributed by atoms with Crippen molar-refractivity contribution in [3.8, 4) is 11.5 Å². The first kappa shape index (κ1) is 20.4. The summed E-state index contributed by atoms with van der Waals surface area (Å²) in [4.78, 5) is 12.5. The summed E-state index contributed by atoms with van der Waals surface area (Å²) in [5.74, 6) is -0.00202. The lowest BCUT2D eigenvalue weighted by molar-refractivity contribution is 0.0952. The largest absolute Gasteiger partial charge is 0.507 e. The first-order valence-corrected chi connectivity index (χ1v) is 10.00. The van der Waals surface area contributed by atoms with Crippen molar-refractivity contribution in [1.82, 2.24) is 5.43 Å². The third-order valence-electron chi connectivity index (χ3n) is 4.74. The summed E-state index contributed by atoms with van der Waals surface area (Å²) < 4.78 is 5.89. The molecule has 31 heavy (non-hydrogen) atoms. The number of halogens is 1. The van der Waals surface area contributed by atoms with Crippen LogP contribution in [0.25, 0.3) is 10.8 Å². The number of amides is 1. The number of para-hydroxylation sites is 1. The van der Waals surface area contributed by atoms with Gasteiger partial charge in [0, 0.05) is 16.1 Å². The number of nitrogens with zero attached hydrogens (tertiary/aromatic N) is 1. The minimum absolute atomic E-state index is 0.102. The number of fused-ring (bicyclic) bond motifs is 1. The van der Waals surface area contributed by atoms with Gasteiger partial charge in [0.1, 0.15) is 18.1 Å². The van der Waals surface area contributed by atoms with Crippen LogP contribution in [0.3, 0.4) is 0 Å². The molecule has 0 spiro atoms. The minimum atomic E-state index is -0.506. The van der Waals surface area contributed by atoms with Crippen molar-refractivity contribution in [1.29, 1.82) is 0 Å². The maximum Gasteiger partial charge on any atom is 0.275 e. The summed E-state index contributed by atoms with van der Waals surface area (Å²) in [5, 5.41) is 16.6. The highest BCUT2D eigenvalue weighted by Crippen LogP contribution is 2.25. The maximum atomic E-state index is 12.5. The van der Waals surface area contributed by atoms with E-state index in [0.717, 1.165) is 16.3 Å². The molecule has 0 saturated heterocycles. The van der Waals surface area contributed by atoms with Crippen molar-refractivity contribution in [2.45, 2.75) is 6.61 Å². The van der Waals surface area contributed by atoms with Gasteiger partial charge < -0.3 is 9.84 Å². The van der Waals surface area contributed by atoms with Crippen LogP contribution in [0.1, 0.15) is 21.5 Å². The van der Waals surface area contributed by atoms with Crippen LogP contribution in [-0.2, 0) is 6.61 Å². The monoisotopic (exact) mass is 430 g/mol. The zero-order valence-corrected chi connectivity index (χ0v) is 17.2. The lowest BCUT2D eigenvalue weighted by Gasteiger charge is -2.10. The van der Waals surface area contributed by atoms with E-state index < -0.39 is 5.91 Å². The van der Waals surface area contributed by atoms with E-state index in [1.165, 1.54) is 6.21 Å². The summed E-state index contributed by atoms with van der Waals surface area (Å²) in [6.07, 6.45) is 1.50. The Morgan fingerprint density at radius 1 is 0.968 bits per heavy atom. The Bertz CT molecular complexity index is 1270. The Morgan fingerprint density at radius 3 is 2.45 bits per heavy atom. The number of hydrogen-bond donors (Lipinski definition) is 2. The van der Waals surface area contributed by atoms with E-state index in [9.17, 15) is 9.90 Å². The fraction of sp³-hybridized carbons (Fsp3) is 0.0400. The van der Waals surface area contributed by atoms with Gasteiger partial charge in [0.15, 0.2) is 0 Å². The second kappa shape index (κ2) is 9.32. The SMILES string of the molecule is O=C(N/N=C\c1ccccc1OCc1ccccc1Cl)c1cc2ccccc2cc1O. The van der Waals surface area contributed by atoms with Crippen LogP contribution in [0, 0.1) is 0 Å². The number of carbonyl (C=O) groups excluding carboxylic acids is 1. The van der Waals surface area contributed by atoms with E-state index in [-0.39, 0.29) is 11.3 Å². The average Bonchev–Trinajstić information content (AvgIpc) is 2.78. The molecular weight excluding hydrogens is 412 g/mol. The van der Waals surface area contributed by atoms with Crippen molar-refractivity contribution in [3.63, 3.8) is 0 Å². The number of aromatic hydroxyl groups is 1. The molecule has 6 heteroatoms. The van der Waals surface area contributed by atoms with Gasteiger partial charge in [-0.05, 0) is 41.1 Å². The van der Waals surface area contributed by atoms with Crippen LogP contribution < -0.4 is 10.2 Å². The highest BCUT2D eigenvalue weighted by atomic mass is 35.5. The van der Waals surface area contributed by atoms with Gasteiger partial charge in [0.05, 0.1) is 11.8 Å². The molecule has 0 atom stereocenters. The second-order valence-corrected chi connectivity index (χ2v) is 7.24. The number of nitrogens with one attached hydrogen (secondary N) is 1. The molecular formula is C25H19ClN2O3. The summed E-state index contributed by atoms with van der Waals surface area (Å²) in [5.41, 5.74) is 4.17. The summed E-state index contributed by atoms with van der Waals surface area (Å²) in [7, 11) is 0. The molecule has 0 heterocycles. The lowest BCUT2D eigenvalue weighted by Crippen LogP contribution is -2.17. The first-order valence-electron chi connectivity index (χ1n) is 9.62. The van der Waals surface area contributed by atoms with Gasteiger partial charge in [0.2, 0.25) is 0 Å². The molecule has 4 aromatic carbocycles. The number of benzene rings is 4. The molecule has 0 radical (unpaired) electrons. The van der Waals surface area contributed by atoms with E-state index in [1.807, 2.05) is 72.8 Å². The van der Waals surface area contributed by atoms with Crippen LogP contribution in [0.15, 0.2) is 90.0 Å². The molecule has 1 amide bonds. The molecule has 0 aromatic heterocycles. The molecule has 0 saturated carbocycles. The molecule has 0 aliphatic carbocycles. The Hall–Kier alpha value is -3.83. The fourth-order valence-electron chi connectivity index (χ4n) is 3.12. The molecule has 5 nitrogen and oxygen atoms in total. The lowest BCUT2D eigenvalue weighted by atomic mass is 10.1. The predicted octanol–water partition coefficient (Wildman–Crippen LogP) is 5.54. The summed E-state index contributed by atoms with van der Waals surface area (Å²) in [6.45, 7) is 0.307. The fourth-order valence-corrected chi connectivity index (χ4v) is 3.31. The predicted molar refractivity (Wildman–Crippen MR) is 123 cm³/mol. The maximum absolute atomic E-state index is 12.5. The van der Waals surface area contributed by atoms with E-state index in [0.29, 0.717) is 22.9 Å². The van der Waals surface area contributed by atoms with Crippen LogP contribution >= 0.6 is 11.6 Å². The number of phenols is 1. The summed E-state index contributed by atoms with van der Waals surface area (Å²) in [6, 6.07) is 25.5. The standard InChI is InChI=1S/C25H19ClN2O3/c26-22-11-5-3-10-20(22)16-31-24-12-6-4-9-19(24)15-27-28-25(30)21-13-17-7-1-2-8-18(17)14-23(21)29/h1-15,29H,16H2,(H,28,30)/b27-15-. The van der Waals surface area contributed by atoms with Crippen LogP contribution in [0.4, 0.5) is 0 Å². The molecule has 0 aliphatic rings. The van der Waals surface area contributed by atoms with Crippen molar-refractivity contribution in [2.24, 2.45) is 5.10 Å². The Morgan fingerprint density at radius 2 is 1.65 bits per heavy atom. The Kier molecular flexibility index (Phi) is 6.15. The van der Waals surface area contributed by atoms with Crippen molar-refractivity contribution in [3.05, 3.63) is 107 Å². The van der Waals surface area contributed by atoms with Crippen LogP contribution in [0.2, 0.25) is 5.02 Å². The van der Waals surface area contributed by atoms with E-state index in [2.05, 4.69) is 10.5 Å².